The number of carbonyl (C=O) groups excluding carboxylic acids is 1. The lowest BCUT2D eigenvalue weighted by molar-refractivity contribution is 0.0606. The van der Waals surface area contributed by atoms with Gasteiger partial charge in [0.1, 0.15) is 11.2 Å². The molecule has 0 aliphatic rings. The molecule has 0 saturated heterocycles. The van der Waals surface area contributed by atoms with Crippen LogP contribution in [0.3, 0.4) is 0 Å². The molecule has 0 amide bonds. The van der Waals surface area contributed by atoms with E-state index in [4.69, 9.17) is 4.74 Å². The minimum absolute atomic E-state index is 0.0918. The summed E-state index contributed by atoms with van der Waals surface area (Å²) in [5.41, 5.74) is 2.23. The molecule has 4 aromatic rings. The molecule has 2 aromatic carbocycles. The monoisotopic (exact) mass is 522 g/mol. The van der Waals surface area contributed by atoms with Gasteiger partial charge in [0.2, 0.25) is 9.84 Å². The summed E-state index contributed by atoms with van der Waals surface area (Å²) in [6.45, 7) is 0. The fourth-order valence-corrected chi connectivity index (χ4v) is 7.78. The van der Waals surface area contributed by atoms with Gasteiger partial charge in [-0.15, -0.1) is 23.1 Å². The second kappa shape index (κ2) is 8.18. The van der Waals surface area contributed by atoms with Crippen LogP contribution >= 0.6 is 39.0 Å². The highest BCUT2D eigenvalue weighted by molar-refractivity contribution is 9.10. The molecule has 0 aliphatic heterocycles. The summed E-state index contributed by atoms with van der Waals surface area (Å²) in [4.78, 5) is 16.7. The Morgan fingerprint density at radius 2 is 1.93 bits per heavy atom. The van der Waals surface area contributed by atoms with Crippen molar-refractivity contribution in [3.05, 3.63) is 64.2 Å². The number of fused-ring (bicyclic) bond motifs is 1. The van der Waals surface area contributed by atoms with Crippen LogP contribution in [-0.4, -0.2) is 37.3 Å². The Kier molecular flexibility index (Phi) is 5.75. The number of hydrogen-bond acceptors (Lipinski definition) is 7. The molecule has 2 heterocycles. The van der Waals surface area contributed by atoms with E-state index < -0.39 is 15.8 Å². The Morgan fingerprint density at radius 3 is 2.60 bits per heavy atom. The van der Waals surface area contributed by atoms with E-state index in [1.807, 2.05) is 34.9 Å². The number of thioether (sulfide) groups is 1. The SMILES string of the molecule is COC(=O)c1cc(S(=O)(=O)c2cc(Br)c3c(c2)ncn3-c2ccccc2)c(SC)s1. The van der Waals surface area contributed by atoms with Crippen molar-refractivity contribution in [2.24, 2.45) is 0 Å². The number of aromatic nitrogens is 2. The van der Waals surface area contributed by atoms with Gasteiger partial charge in [0.15, 0.2) is 0 Å². The summed E-state index contributed by atoms with van der Waals surface area (Å²) in [5.74, 6) is -0.560. The highest BCUT2D eigenvalue weighted by Gasteiger charge is 2.27. The minimum atomic E-state index is -3.87. The molecule has 10 heteroatoms. The number of thiophene rings is 1. The van der Waals surface area contributed by atoms with Crippen LogP contribution in [0.5, 0.6) is 0 Å². The number of halogens is 1. The highest BCUT2D eigenvalue weighted by atomic mass is 79.9. The Labute approximate surface area is 189 Å². The van der Waals surface area contributed by atoms with Gasteiger partial charge >= 0.3 is 5.97 Å². The maximum absolute atomic E-state index is 13.4. The van der Waals surface area contributed by atoms with Gasteiger partial charge in [0.25, 0.3) is 0 Å². The number of imidazole rings is 1. The lowest BCUT2D eigenvalue weighted by atomic mass is 10.3. The maximum Gasteiger partial charge on any atom is 0.348 e. The lowest BCUT2D eigenvalue weighted by Crippen LogP contribution is -2.03. The molecule has 154 valence electrons. The molecule has 6 nitrogen and oxygen atoms in total. The first-order valence-electron chi connectivity index (χ1n) is 8.60. The molecule has 0 N–H and O–H groups in total. The molecule has 2 aromatic heterocycles. The predicted octanol–water partition coefficient (Wildman–Crippen LogP) is 5.19. The van der Waals surface area contributed by atoms with Crippen LogP contribution in [0.25, 0.3) is 16.7 Å². The third kappa shape index (κ3) is 3.58. The van der Waals surface area contributed by atoms with Gasteiger partial charge < -0.3 is 4.74 Å². The van der Waals surface area contributed by atoms with E-state index in [9.17, 15) is 13.2 Å². The molecule has 4 rings (SSSR count). The third-order valence-electron chi connectivity index (χ3n) is 4.44. The predicted molar refractivity (Wildman–Crippen MR) is 122 cm³/mol. The standard InChI is InChI=1S/C20H15BrN2O4S3/c1-27-19(24)16-10-17(20(28-2)29-16)30(25,26)13-8-14(21)18-15(9-13)22-11-23(18)12-6-4-3-5-7-12/h3-11H,1-2H3. The van der Waals surface area contributed by atoms with Crippen LogP contribution in [0.2, 0.25) is 0 Å². The first-order chi connectivity index (χ1) is 14.4. The van der Waals surface area contributed by atoms with E-state index in [0.717, 1.165) is 22.5 Å². The number of para-hydroxylation sites is 1. The summed E-state index contributed by atoms with van der Waals surface area (Å²) in [6.07, 6.45) is 3.43. The molecule has 0 bridgehead atoms. The van der Waals surface area contributed by atoms with Crippen LogP contribution in [0, 0.1) is 0 Å². The zero-order valence-electron chi connectivity index (χ0n) is 15.8. The van der Waals surface area contributed by atoms with E-state index >= 15 is 0 Å². The molecule has 30 heavy (non-hydrogen) atoms. The van der Waals surface area contributed by atoms with E-state index in [1.165, 1.54) is 24.9 Å². The van der Waals surface area contributed by atoms with Crippen molar-refractivity contribution in [3.8, 4) is 5.69 Å². The molecule has 0 unspecified atom stereocenters. The Bertz CT molecular complexity index is 1360. The highest BCUT2D eigenvalue weighted by Crippen LogP contribution is 2.39. The third-order valence-corrected chi connectivity index (χ3v) is 9.31. The summed E-state index contributed by atoms with van der Waals surface area (Å²) < 4.78 is 34.6. The second-order valence-corrected chi connectivity index (χ2v) is 11.1. The number of carbonyl (C=O) groups is 1. The Morgan fingerprint density at radius 1 is 1.20 bits per heavy atom. The zero-order chi connectivity index (χ0) is 21.5. The molecule has 0 spiro atoms. The number of ether oxygens (including phenoxy) is 1. The Balaban J connectivity index is 1.86. The van der Waals surface area contributed by atoms with Crippen LogP contribution in [-0.2, 0) is 14.6 Å². The second-order valence-electron chi connectivity index (χ2n) is 6.18. The maximum atomic E-state index is 13.4. The van der Waals surface area contributed by atoms with Crippen LogP contribution in [0.15, 0.2) is 73.3 Å². The van der Waals surface area contributed by atoms with Crippen molar-refractivity contribution < 1.29 is 17.9 Å². The van der Waals surface area contributed by atoms with Crippen molar-refractivity contribution >= 4 is 65.9 Å². The number of benzene rings is 2. The van der Waals surface area contributed by atoms with Gasteiger partial charge in [-0.05, 0) is 52.5 Å². The minimum Gasteiger partial charge on any atom is -0.465 e. The van der Waals surface area contributed by atoms with Gasteiger partial charge in [0.05, 0.1) is 32.1 Å². The molecule has 0 radical (unpaired) electrons. The normalized spacial score (nSPS) is 11.7. The van der Waals surface area contributed by atoms with Crippen molar-refractivity contribution in [1.82, 2.24) is 9.55 Å². The number of esters is 1. The molecular formula is C20H15BrN2O4S3. The van der Waals surface area contributed by atoms with Gasteiger partial charge in [0, 0.05) is 10.2 Å². The van der Waals surface area contributed by atoms with Crippen LogP contribution < -0.4 is 0 Å². The fourth-order valence-electron chi connectivity index (χ4n) is 3.03. The molecule has 0 saturated carbocycles. The molecule has 0 fully saturated rings. The van der Waals surface area contributed by atoms with Gasteiger partial charge in [-0.2, -0.15) is 0 Å². The summed E-state index contributed by atoms with van der Waals surface area (Å²) >= 11 is 5.89. The van der Waals surface area contributed by atoms with Crippen molar-refractivity contribution in [3.63, 3.8) is 0 Å². The number of rotatable bonds is 5. The first-order valence-corrected chi connectivity index (χ1v) is 12.9. The van der Waals surface area contributed by atoms with Crippen molar-refractivity contribution in [2.45, 2.75) is 14.0 Å². The summed E-state index contributed by atoms with van der Waals surface area (Å²) in [6, 6.07) is 14.2. The lowest BCUT2D eigenvalue weighted by Gasteiger charge is -2.08. The van der Waals surface area contributed by atoms with Gasteiger partial charge in [-0.25, -0.2) is 18.2 Å². The van der Waals surface area contributed by atoms with E-state index in [-0.39, 0.29) is 14.7 Å². The van der Waals surface area contributed by atoms with Crippen molar-refractivity contribution in [2.75, 3.05) is 13.4 Å². The fraction of sp³-hybridized carbons (Fsp3) is 0.100. The number of hydrogen-bond donors (Lipinski definition) is 0. The van der Waals surface area contributed by atoms with Crippen LogP contribution in [0.4, 0.5) is 0 Å². The van der Waals surface area contributed by atoms with Crippen molar-refractivity contribution in [1.29, 1.82) is 0 Å². The van der Waals surface area contributed by atoms with Crippen LogP contribution in [0.1, 0.15) is 9.67 Å². The van der Waals surface area contributed by atoms with Gasteiger partial charge in [-0.3, -0.25) is 4.57 Å². The largest absolute Gasteiger partial charge is 0.465 e. The number of nitrogens with zero attached hydrogens (tertiary/aromatic N) is 2. The topological polar surface area (TPSA) is 78.3 Å². The quantitative estimate of drug-likeness (QED) is 0.265. The average molecular weight is 523 g/mol. The Hall–Kier alpha value is -2.14. The zero-order valence-corrected chi connectivity index (χ0v) is 19.9. The average Bonchev–Trinajstić information content (AvgIpc) is 3.39. The number of sulfone groups is 1. The van der Waals surface area contributed by atoms with E-state index in [2.05, 4.69) is 20.9 Å². The number of methoxy groups -OCH3 is 1. The summed E-state index contributed by atoms with van der Waals surface area (Å²) in [5, 5.41) is 0. The summed E-state index contributed by atoms with van der Waals surface area (Å²) in [7, 11) is -2.60. The smallest absolute Gasteiger partial charge is 0.348 e. The molecular weight excluding hydrogens is 508 g/mol. The molecule has 0 aliphatic carbocycles. The van der Waals surface area contributed by atoms with E-state index in [0.29, 0.717) is 14.2 Å². The first kappa shape index (κ1) is 21.1. The van der Waals surface area contributed by atoms with Gasteiger partial charge in [-0.1, -0.05) is 18.2 Å². The molecule has 0 atom stereocenters. The van der Waals surface area contributed by atoms with E-state index in [1.54, 1.807) is 24.7 Å².